The van der Waals surface area contributed by atoms with Gasteiger partial charge in [-0.3, -0.25) is 4.84 Å². The van der Waals surface area contributed by atoms with Crippen molar-refractivity contribution in [2.75, 3.05) is 7.11 Å². The normalized spacial score (nSPS) is 10.4. The smallest absolute Gasteiger partial charge is 0.431 e. The molecule has 2 aromatic rings. The molecule has 10 heteroatoms. The van der Waals surface area contributed by atoms with Gasteiger partial charge in [-0.15, -0.1) is 0 Å². The average molecular weight is 405 g/mol. The van der Waals surface area contributed by atoms with Gasteiger partial charge in [0.15, 0.2) is 0 Å². The van der Waals surface area contributed by atoms with E-state index >= 15 is 0 Å². The Balaban J connectivity index is 2.30. The Bertz CT molecular complexity index is 711. The van der Waals surface area contributed by atoms with Crippen LogP contribution >= 0.6 is 22.6 Å². The second-order valence-electron chi connectivity index (χ2n) is 3.92. The predicted molar refractivity (Wildman–Crippen MR) is 79.6 cm³/mol. The van der Waals surface area contributed by atoms with Gasteiger partial charge in [0, 0.05) is 16.2 Å². The van der Waals surface area contributed by atoms with Gasteiger partial charge >= 0.3 is 11.8 Å². The largest absolute Gasteiger partial charge is 0.451 e. The van der Waals surface area contributed by atoms with Crippen molar-refractivity contribution in [1.82, 2.24) is 25.3 Å². The fourth-order valence-electron chi connectivity index (χ4n) is 1.56. The SMILES string of the molecule is COC(=O)NOCc1c(I)cccc1-n1nnn(C)c1=O. The first-order chi connectivity index (χ1) is 10.0. The van der Waals surface area contributed by atoms with Crippen LogP contribution in [0.1, 0.15) is 5.56 Å². The summed E-state index contributed by atoms with van der Waals surface area (Å²) >= 11 is 2.10. The molecule has 0 aliphatic rings. The zero-order valence-corrected chi connectivity index (χ0v) is 13.4. The van der Waals surface area contributed by atoms with Gasteiger partial charge in [-0.2, -0.15) is 14.8 Å². The number of hydrogen-bond donors (Lipinski definition) is 1. The van der Waals surface area contributed by atoms with Crippen LogP contribution in [-0.4, -0.2) is 33.0 Å². The number of amides is 1. The van der Waals surface area contributed by atoms with E-state index in [0.717, 1.165) is 8.25 Å². The zero-order chi connectivity index (χ0) is 15.4. The summed E-state index contributed by atoms with van der Waals surface area (Å²) in [6, 6.07) is 5.35. The Hall–Kier alpha value is -1.95. The maximum absolute atomic E-state index is 11.9. The Morgan fingerprint density at radius 3 is 2.81 bits per heavy atom. The number of ether oxygens (including phenoxy) is 1. The third-order valence-electron chi connectivity index (χ3n) is 2.60. The standard InChI is InChI=1S/C11H12IN5O4/c1-16-11(19)17(15-14-16)9-5-3-4-8(12)7(9)6-21-13-10(18)20-2/h3-5H,6H2,1-2H3,(H,13,18). The maximum atomic E-state index is 11.9. The molecule has 0 saturated carbocycles. The molecule has 0 fully saturated rings. The van der Waals surface area contributed by atoms with E-state index in [9.17, 15) is 9.59 Å². The number of aromatic nitrogens is 4. The van der Waals surface area contributed by atoms with Gasteiger partial charge in [0.05, 0.1) is 12.8 Å². The third-order valence-corrected chi connectivity index (χ3v) is 3.61. The van der Waals surface area contributed by atoms with Gasteiger partial charge in [-0.05, 0) is 45.2 Å². The Morgan fingerprint density at radius 1 is 1.43 bits per heavy atom. The van der Waals surface area contributed by atoms with E-state index < -0.39 is 6.09 Å². The number of benzene rings is 1. The zero-order valence-electron chi connectivity index (χ0n) is 11.2. The molecular formula is C11H12IN5O4. The molecule has 1 amide bonds. The topological polar surface area (TPSA) is 100 Å². The van der Waals surface area contributed by atoms with Crippen LogP contribution in [0.5, 0.6) is 0 Å². The fraction of sp³-hybridized carbons (Fsp3) is 0.273. The van der Waals surface area contributed by atoms with Gasteiger partial charge in [0.25, 0.3) is 0 Å². The van der Waals surface area contributed by atoms with E-state index in [0.29, 0.717) is 11.3 Å². The van der Waals surface area contributed by atoms with E-state index in [4.69, 9.17) is 4.84 Å². The van der Waals surface area contributed by atoms with E-state index in [2.05, 4.69) is 43.2 Å². The van der Waals surface area contributed by atoms with E-state index in [1.165, 1.54) is 18.8 Å². The second kappa shape index (κ2) is 6.67. The monoisotopic (exact) mass is 405 g/mol. The van der Waals surface area contributed by atoms with E-state index in [-0.39, 0.29) is 12.3 Å². The number of tetrazole rings is 1. The molecule has 0 bridgehead atoms. The van der Waals surface area contributed by atoms with Gasteiger partial charge in [0.2, 0.25) is 0 Å². The number of carbonyl (C=O) groups excluding carboxylic acids is 1. The quantitative estimate of drug-likeness (QED) is 0.583. The Kier molecular flexibility index (Phi) is 4.90. The first-order valence-corrected chi connectivity index (χ1v) is 6.85. The van der Waals surface area contributed by atoms with Crippen molar-refractivity contribution in [2.24, 2.45) is 7.05 Å². The highest BCUT2D eigenvalue weighted by atomic mass is 127. The van der Waals surface area contributed by atoms with Crippen molar-refractivity contribution in [3.05, 3.63) is 37.8 Å². The minimum Gasteiger partial charge on any atom is -0.451 e. The number of nitrogens with one attached hydrogen (secondary N) is 1. The molecule has 2 rings (SSSR count). The summed E-state index contributed by atoms with van der Waals surface area (Å²) in [5.41, 5.74) is 2.96. The van der Waals surface area contributed by atoms with Crippen LogP contribution in [0.4, 0.5) is 4.79 Å². The second-order valence-corrected chi connectivity index (χ2v) is 5.08. The number of aryl methyl sites for hydroxylation is 1. The molecule has 0 atom stereocenters. The number of hydrogen-bond acceptors (Lipinski definition) is 6. The van der Waals surface area contributed by atoms with Gasteiger partial charge in [-0.1, -0.05) is 6.07 Å². The number of nitrogens with zero attached hydrogens (tertiary/aromatic N) is 4. The lowest BCUT2D eigenvalue weighted by atomic mass is 10.2. The number of halogens is 1. The van der Waals surface area contributed by atoms with Crippen LogP contribution in [0.2, 0.25) is 0 Å². The van der Waals surface area contributed by atoms with Crippen LogP contribution in [0, 0.1) is 3.57 Å². The molecule has 1 N–H and O–H groups in total. The van der Waals surface area contributed by atoms with Crippen molar-refractivity contribution >= 4 is 28.7 Å². The molecule has 1 aromatic heterocycles. The van der Waals surface area contributed by atoms with Crippen molar-refractivity contribution < 1.29 is 14.4 Å². The van der Waals surface area contributed by atoms with Crippen molar-refractivity contribution in [1.29, 1.82) is 0 Å². The number of hydroxylamine groups is 1. The summed E-state index contributed by atoms with van der Waals surface area (Å²) in [5, 5.41) is 7.46. The Labute approximate surface area is 132 Å². The molecule has 0 saturated heterocycles. The molecule has 0 spiro atoms. The number of carbonyl (C=O) groups is 1. The summed E-state index contributed by atoms with van der Waals surface area (Å²) in [5.74, 6) is 0. The number of methoxy groups -OCH3 is 1. The highest BCUT2D eigenvalue weighted by Gasteiger charge is 2.14. The van der Waals surface area contributed by atoms with Crippen molar-refractivity contribution in [3.8, 4) is 5.69 Å². The minimum atomic E-state index is -0.709. The first-order valence-electron chi connectivity index (χ1n) is 5.77. The molecule has 0 aliphatic heterocycles. The molecule has 0 unspecified atom stereocenters. The summed E-state index contributed by atoms with van der Waals surface area (Å²) in [4.78, 5) is 27.9. The first kappa shape index (κ1) is 15.4. The van der Waals surface area contributed by atoms with Crippen LogP contribution in [-0.2, 0) is 23.2 Å². The lowest BCUT2D eigenvalue weighted by Gasteiger charge is -2.10. The third kappa shape index (κ3) is 3.39. The molecule has 1 heterocycles. The highest BCUT2D eigenvalue weighted by Crippen LogP contribution is 2.19. The van der Waals surface area contributed by atoms with E-state index in [1.54, 1.807) is 12.1 Å². The predicted octanol–water partition coefficient (Wildman–Crippen LogP) is 0.358. The molecule has 1 aromatic carbocycles. The molecule has 21 heavy (non-hydrogen) atoms. The van der Waals surface area contributed by atoms with Crippen molar-refractivity contribution in [2.45, 2.75) is 6.61 Å². The maximum Gasteiger partial charge on any atom is 0.431 e. The van der Waals surface area contributed by atoms with E-state index in [1.807, 2.05) is 6.07 Å². The molecule has 0 aliphatic carbocycles. The Morgan fingerprint density at radius 2 is 2.19 bits per heavy atom. The number of rotatable bonds is 4. The lowest BCUT2D eigenvalue weighted by molar-refractivity contribution is 0.0247. The van der Waals surface area contributed by atoms with Gasteiger partial charge < -0.3 is 4.74 Å². The summed E-state index contributed by atoms with van der Waals surface area (Å²) in [6.45, 7) is 0.0482. The summed E-state index contributed by atoms with van der Waals surface area (Å²) in [7, 11) is 2.74. The summed E-state index contributed by atoms with van der Waals surface area (Å²) in [6.07, 6.45) is -0.709. The molecule has 112 valence electrons. The minimum absolute atomic E-state index is 0.0482. The van der Waals surface area contributed by atoms with Crippen LogP contribution in [0.25, 0.3) is 5.69 Å². The lowest BCUT2D eigenvalue weighted by Crippen LogP contribution is -2.25. The molecule has 9 nitrogen and oxygen atoms in total. The summed E-state index contributed by atoms with van der Waals surface area (Å²) < 4.78 is 7.54. The van der Waals surface area contributed by atoms with Crippen LogP contribution in [0.3, 0.4) is 0 Å². The van der Waals surface area contributed by atoms with Crippen LogP contribution < -0.4 is 11.2 Å². The van der Waals surface area contributed by atoms with Gasteiger partial charge in [-0.25, -0.2) is 9.59 Å². The van der Waals surface area contributed by atoms with Crippen molar-refractivity contribution in [3.63, 3.8) is 0 Å². The average Bonchev–Trinajstić information content (AvgIpc) is 2.80. The highest BCUT2D eigenvalue weighted by molar-refractivity contribution is 14.1. The molecule has 0 radical (unpaired) electrons. The van der Waals surface area contributed by atoms with Crippen LogP contribution in [0.15, 0.2) is 23.0 Å². The molecular weight excluding hydrogens is 393 g/mol. The van der Waals surface area contributed by atoms with Gasteiger partial charge in [0.1, 0.15) is 6.61 Å². The fourth-order valence-corrected chi connectivity index (χ4v) is 2.20.